The topological polar surface area (TPSA) is 70.0 Å². The molecule has 3 rings (SSSR count). The fraction of sp³-hybridized carbons (Fsp3) is 0.533. The maximum absolute atomic E-state index is 12.5. The van der Waals surface area contributed by atoms with Gasteiger partial charge in [-0.15, -0.1) is 0 Å². The number of aliphatic hydroxyl groups excluding tert-OH is 2. The van der Waals surface area contributed by atoms with E-state index >= 15 is 0 Å². The molecule has 0 aromatic heterocycles. The van der Waals surface area contributed by atoms with E-state index in [0.29, 0.717) is 25.1 Å². The summed E-state index contributed by atoms with van der Waals surface area (Å²) in [6.45, 7) is 1.51. The van der Waals surface area contributed by atoms with Crippen molar-refractivity contribution in [3.8, 4) is 5.75 Å². The van der Waals surface area contributed by atoms with Crippen LogP contribution in [0.1, 0.15) is 22.3 Å². The van der Waals surface area contributed by atoms with Gasteiger partial charge in [0.25, 0.3) is 5.91 Å². The summed E-state index contributed by atoms with van der Waals surface area (Å²) in [4.78, 5) is 14.1. The molecule has 0 spiro atoms. The Bertz CT molecular complexity index is 517. The van der Waals surface area contributed by atoms with Crippen LogP contribution in [-0.4, -0.2) is 53.4 Å². The molecule has 1 amide bonds. The Morgan fingerprint density at radius 2 is 2.30 bits per heavy atom. The van der Waals surface area contributed by atoms with Crippen LogP contribution in [0.25, 0.3) is 0 Å². The number of piperidine rings is 1. The third-order valence-electron chi connectivity index (χ3n) is 4.18. The van der Waals surface area contributed by atoms with Gasteiger partial charge in [-0.05, 0) is 30.2 Å². The van der Waals surface area contributed by atoms with E-state index < -0.39 is 6.10 Å². The molecule has 1 fully saturated rings. The summed E-state index contributed by atoms with van der Waals surface area (Å²) >= 11 is 0. The van der Waals surface area contributed by atoms with Gasteiger partial charge in [-0.25, -0.2) is 0 Å². The summed E-state index contributed by atoms with van der Waals surface area (Å²) < 4.78 is 5.43. The number of likely N-dealkylation sites (tertiary alicyclic amines) is 1. The van der Waals surface area contributed by atoms with Gasteiger partial charge in [0.05, 0.1) is 12.7 Å². The first kappa shape index (κ1) is 13.4. The van der Waals surface area contributed by atoms with Crippen LogP contribution in [0, 0.1) is 5.92 Å². The summed E-state index contributed by atoms with van der Waals surface area (Å²) in [6.07, 6.45) is 0.832. The Morgan fingerprint density at radius 1 is 1.45 bits per heavy atom. The molecule has 108 valence electrons. The molecule has 2 atom stereocenters. The van der Waals surface area contributed by atoms with Gasteiger partial charge in [-0.3, -0.25) is 4.79 Å². The number of hydrogen-bond acceptors (Lipinski definition) is 4. The van der Waals surface area contributed by atoms with Crippen molar-refractivity contribution in [1.29, 1.82) is 0 Å². The predicted molar refractivity (Wildman–Crippen MR) is 72.7 cm³/mol. The summed E-state index contributed by atoms with van der Waals surface area (Å²) in [7, 11) is 0. The standard InChI is InChI=1S/C15H19NO4/c17-9-12-3-5-16(8-13(12)18)15(19)11-1-2-14-10(7-11)4-6-20-14/h1-2,7,12-13,17-18H,3-6,8-9H2/t12-,13+/m1/s1. The number of fused-ring (bicyclic) bond motifs is 1. The number of ether oxygens (including phenoxy) is 1. The van der Waals surface area contributed by atoms with Crippen molar-refractivity contribution < 1.29 is 19.7 Å². The molecule has 5 nitrogen and oxygen atoms in total. The van der Waals surface area contributed by atoms with Crippen LogP contribution in [0.5, 0.6) is 5.75 Å². The number of rotatable bonds is 2. The summed E-state index contributed by atoms with van der Waals surface area (Å²) in [6, 6.07) is 5.50. The minimum Gasteiger partial charge on any atom is -0.493 e. The number of β-amino-alcohol motifs (C(OH)–C–C–N with tert-alkyl or cyclic N) is 1. The van der Waals surface area contributed by atoms with Gasteiger partial charge in [0, 0.05) is 37.6 Å². The number of amides is 1. The van der Waals surface area contributed by atoms with Crippen molar-refractivity contribution in [3.05, 3.63) is 29.3 Å². The lowest BCUT2D eigenvalue weighted by atomic mass is 9.94. The van der Waals surface area contributed by atoms with Crippen molar-refractivity contribution in [1.82, 2.24) is 4.90 Å². The van der Waals surface area contributed by atoms with Gasteiger partial charge < -0.3 is 19.8 Å². The zero-order valence-electron chi connectivity index (χ0n) is 11.3. The Kier molecular flexibility index (Phi) is 3.63. The number of carbonyl (C=O) groups excluding carboxylic acids is 1. The first-order chi connectivity index (χ1) is 9.69. The molecule has 5 heteroatoms. The van der Waals surface area contributed by atoms with Gasteiger partial charge in [0.2, 0.25) is 0 Å². The number of carbonyl (C=O) groups is 1. The second-order valence-corrected chi connectivity index (χ2v) is 5.47. The molecular weight excluding hydrogens is 258 g/mol. The molecule has 0 radical (unpaired) electrons. The quantitative estimate of drug-likeness (QED) is 0.823. The Hall–Kier alpha value is -1.59. The van der Waals surface area contributed by atoms with E-state index in [1.54, 1.807) is 11.0 Å². The molecule has 1 saturated heterocycles. The highest BCUT2D eigenvalue weighted by molar-refractivity contribution is 5.94. The molecule has 20 heavy (non-hydrogen) atoms. The zero-order chi connectivity index (χ0) is 14.1. The van der Waals surface area contributed by atoms with E-state index in [2.05, 4.69) is 0 Å². The normalized spacial score (nSPS) is 25.2. The van der Waals surface area contributed by atoms with E-state index in [1.165, 1.54) is 0 Å². The number of benzene rings is 1. The largest absolute Gasteiger partial charge is 0.493 e. The van der Waals surface area contributed by atoms with Crippen LogP contribution < -0.4 is 4.74 Å². The van der Waals surface area contributed by atoms with Crippen molar-refractivity contribution in [2.75, 3.05) is 26.3 Å². The summed E-state index contributed by atoms with van der Waals surface area (Å²) in [5.41, 5.74) is 1.71. The average Bonchev–Trinajstić information content (AvgIpc) is 2.93. The predicted octanol–water partition coefficient (Wildman–Crippen LogP) is 0.437. The van der Waals surface area contributed by atoms with Gasteiger partial charge in [-0.1, -0.05) is 0 Å². The Morgan fingerprint density at radius 3 is 3.05 bits per heavy atom. The SMILES string of the molecule is O=C(c1ccc2c(c1)CCO2)N1CC[C@H](CO)[C@@H](O)C1. The third kappa shape index (κ3) is 2.39. The highest BCUT2D eigenvalue weighted by Crippen LogP contribution is 2.27. The first-order valence-corrected chi connectivity index (χ1v) is 7.03. The van der Waals surface area contributed by atoms with Gasteiger partial charge in [0.1, 0.15) is 5.75 Å². The van der Waals surface area contributed by atoms with Gasteiger partial charge in [-0.2, -0.15) is 0 Å². The van der Waals surface area contributed by atoms with E-state index in [0.717, 1.165) is 17.7 Å². The van der Waals surface area contributed by atoms with Crippen molar-refractivity contribution in [3.63, 3.8) is 0 Å². The molecule has 0 aliphatic carbocycles. The van der Waals surface area contributed by atoms with Gasteiger partial charge >= 0.3 is 0 Å². The lowest BCUT2D eigenvalue weighted by Gasteiger charge is -2.35. The van der Waals surface area contributed by atoms with E-state index in [9.17, 15) is 9.90 Å². The molecule has 2 N–H and O–H groups in total. The van der Waals surface area contributed by atoms with Crippen LogP contribution in [-0.2, 0) is 6.42 Å². The molecule has 1 aromatic rings. The minimum atomic E-state index is -0.643. The van der Waals surface area contributed by atoms with Crippen LogP contribution in [0.15, 0.2) is 18.2 Å². The summed E-state index contributed by atoms with van der Waals surface area (Å²) in [5.74, 6) is 0.684. The molecule has 2 aliphatic rings. The second-order valence-electron chi connectivity index (χ2n) is 5.47. The van der Waals surface area contributed by atoms with E-state index in [1.807, 2.05) is 12.1 Å². The lowest BCUT2D eigenvalue weighted by Crippen LogP contribution is -2.47. The maximum Gasteiger partial charge on any atom is 0.253 e. The van der Waals surface area contributed by atoms with Crippen LogP contribution in [0.4, 0.5) is 0 Å². The Labute approximate surface area is 117 Å². The lowest BCUT2D eigenvalue weighted by molar-refractivity contribution is 0.000874. The third-order valence-corrected chi connectivity index (χ3v) is 4.18. The summed E-state index contributed by atoms with van der Waals surface area (Å²) in [5, 5.41) is 19.0. The second kappa shape index (κ2) is 5.42. The molecule has 2 heterocycles. The van der Waals surface area contributed by atoms with Crippen molar-refractivity contribution in [2.45, 2.75) is 18.9 Å². The molecule has 0 unspecified atom stereocenters. The van der Waals surface area contributed by atoms with Crippen LogP contribution >= 0.6 is 0 Å². The van der Waals surface area contributed by atoms with Crippen LogP contribution in [0.3, 0.4) is 0 Å². The first-order valence-electron chi connectivity index (χ1n) is 7.03. The molecular formula is C15H19NO4. The molecule has 1 aromatic carbocycles. The highest BCUT2D eigenvalue weighted by Gasteiger charge is 2.30. The fourth-order valence-electron chi connectivity index (χ4n) is 2.88. The molecule has 2 aliphatic heterocycles. The minimum absolute atomic E-state index is 0.0284. The van der Waals surface area contributed by atoms with Crippen LogP contribution in [0.2, 0.25) is 0 Å². The van der Waals surface area contributed by atoms with E-state index in [4.69, 9.17) is 9.84 Å². The maximum atomic E-state index is 12.5. The highest BCUT2D eigenvalue weighted by atomic mass is 16.5. The van der Waals surface area contributed by atoms with E-state index in [-0.39, 0.29) is 25.0 Å². The Balaban J connectivity index is 1.73. The number of hydrogen-bond donors (Lipinski definition) is 2. The smallest absolute Gasteiger partial charge is 0.253 e. The average molecular weight is 277 g/mol. The van der Waals surface area contributed by atoms with Gasteiger partial charge in [0.15, 0.2) is 0 Å². The number of aliphatic hydroxyl groups is 2. The zero-order valence-corrected chi connectivity index (χ0v) is 11.3. The molecule has 0 bridgehead atoms. The fourth-order valence-corrected chi connectivity index (χ4v) is 2.88. The van der Waals surface area contributed by atoms with Crippen molar-refractivity contribution >= 4 is 5.91 Å². The molecule has 0 saturated carbocycles. The van der Waals surface area contributed by atoms with Crippen molar-refractivity contribution in [2.24, 2.45) is 5.92 Å². The monoisotopic (exact) mass is 277 g/mol. The number of nitrogens with zero attached hydrogens (tertiary/aromatic N) is 1.